The summed E-state index contributed by atoms with van der Waals surface area (Å²) in [4.78, 5) is 14.2. The normalized spacial score (nSPS) is 36.2. The number of nitrogens with zero attached hydrogens (tertiary/aromatic N) is 1. The van der Waals surface area contributed by atoms with E-state index in [2.05, 4.69) is 30.2 Å². The van der Waals surface area contributed by atoms with Crippen LogP contribution < -0.4 is 9.47 Å². The molecule has 1 aliphatic carbocycles. The molecule has 140 valence electrons. The Balaban J connectivity index is 1.76. The molecule has 6 heteroatoms. The molecule has 1 spiro atoms. The third-order valence-corrected chi connectivity index (χ3v) is 6.02. The molecule has 0 amide bonds. The fourth-order valence-electron chi connectivity index (χ4n) is 4.57. The van der Waals surface area contributed by atoms with Gasteiger partial charge in [-0.25, -0.2) is 4.79 Å². The van der Waals surface area contributed by atoms with Gasteiger partial charge in [0.1, 0.15) is 0 Å². The fourth-order valence-corrected chi connectivity index (χ4v) is 4.57. The molecule has 6 nitrogen and oxygen atoms in total. The van der Waals surface area contributed by atoms with E-state index in [0.29, 0.717) is 12.2 Å². The number of rotatable bonds is 3. The van der Waals surface area contributed by atoms with Crippen molar-refractivity contribution in [2.45, 2.75) is 43.1 Å². The smallest absolute Gasteiger partial charge is 0.337 e. The SMILES string of the molecule is COc1ccc([C@@]23C=CC4(C[C@@H]2N(C)CC3)OC(=O)C(C)O4)cc1OC. The molecule has 2 fully saturated rings. The molecule has 2 heterocycles. The highest BCUT2D eigenvalue weighted by Gasteiger charge is 2.56. The Morgan fingerprint density at radius 2 is 1.96 bits per heavy atom. The molecule has 4 atom stereocenters. The van der Waals surface area contributed by atoms with Crippen molar-refractivity contribution in [2.24, 2.45) is 0 Å². The van der Waals surface area contributed by atoms with Gasteiger partial charge in [0.25, 0.3) is 0 Å². The van der Waals surface area contributed by atoms with Crippen LogP contribution in [-0.2, 0) is 19.7 Å². The van der Waals surface area contributed by atoms with E-state index in [9.17, 15) is 4.79 Å². The maximum Gasteiger partial charge on any atom is 0.337 e. The lowest BCUT2D eigenvalue weighted by atomic mass is 9.68. The zero-order valence-electron chi connectivity index (χ0n) is 15.7. The molecule has 0 radical (unpaired) electrons. The number of carbonyl (C=O) groups excluding carboxylic acids is 1. The summed E-state index contributed by atoms with van der Waals surface area (Å²) in [6.07, 6.45) is 5.17. The third-order valence-electron chi connectivity index (χ3n) is 6.02. The summed E-state index contributed by atoms with van der Waals surface area (Å²) in [5, 5.41) is 0. The van der Waals surface area contributed by atoms with Crippen LogP contribution in [0.5, 0.6) is 11.5 Å². The summed E-state index contributed by atoms with van der Waals surface area (Å²) < 4.78 is 22.4. The lowest BCUT2D eigenvalue weighted by molar-refractivity contribution is -0.165. The monoisotopic (exact) mass is 359 g/mol. The maximum absolute atomic E-state index is 11.9. The highest BCUT2D eigenvalue weighted by molar-refractivity contribution is 5.76. The molecular weight excluding hydrogens is 334 g/mol. The van der Waals surface area contributed by atoms with E-state index in [1.165, 1.54) is 5.56 Å². The lowest BCUT2D eigenvalue weighted by Gasteiger charge is -2.43. The van der Waals surface area contributed by atoms with E-state index in [0.717, 1.165) is 18.7 Å². The zero-order valence-corrected chi connectivity index (χ0v) is 15.7. The van der Waals surface area contributed by atoms with E-state index in [1.807, 2.05) is 12.1 Å². The molecule has 2 aliphatic heterocycles. The lowest BCUT2D eigenvalue weighted by Crippen LogP contribution is -2.50. The molecule has 2 unspecified atom stereocenters. The molecule has 3 aliphatic rings. The van der Waals surface area contributed by atoms with Gasteiger partial charge < -0.3 is 23.8 Å². The summed E-state index contributed by atoms with van der Waals surface area (Å²) >= 11 is 0. The standard InChI is InChI=1S/C20H25NO5/c1-13-18(22)26-20(25-13)8-7-19(9-10-21(2)17(19)12-20)14-5-6-15(23-3)16(11-14)24-4/h5-8,11,13,17H,9-10,12H2,1-4H3/t13?,17-,19-,20?/m0/s1. The second kappa shape index (κ2) is 5.99. The Morgan fingerprint density at radius 1 is 1.19 bits per heavy atom. The molecule has 0 bridgehead atoms. The van der Waals surface area contributed by atoms with Crippen LogP contribution in [0.15, 0.2) is 30.4 Å². The number of ether oxygens (including phenoxy) is 4. The maximum atomic E-state index is 11.9. The van der Waals surface area contributed by atoms with E-state index >= 15 is 0 Å². The van der Waals surface area contributed by atoms with Crippen molar-refractivity contribution < 1.29 is 23.7 Å². The first kappa shape index (κ1) is 17.4. The Morgan fingerprint density at radius 3 is 2.62 bits per heavy atom. The summed E-state index contributed by atoms with van der Waals surface area (Å²) in [6.45, 7) is 2.70. The number of likely N-dealkylation sites (N-methyl/N-ethyl adjacent to an activating group) is 1. The quantitative estimate of drug-likeness (QED) is 0.610. The first-order chi connectivity index (χ1) is 12.4. The van der Waals surface area contributed by atoms with Crippen molar-refractivity contribution in [3.63, 3.8) is 0 Å². The van der Waals surface area contributed by atoms with Crippen LogP contribution in [0.4, 0.5) is 0 Å². The van der Waals surface area contributed by atoms with Gasteiger partial charge in [0.15, 0.2) is 17.6 Å². The number of esters is 1. The minimum absolute atomic E-state index is 0.166. The van der Waals surface area contributed by atoms with E-state index < -0.39 is 11.9 Å². The van der Waals surface area contributed by atoms with Gasteiger partial charge >= 0.3 is 5.97 Å². The average molecular weight is 359 g/mol. The molecular formula is C20H25NO5. The van der Waals surface area contributed by atoms with Crippen molar-refractivity contribution in [3.05, 3.63) is 35.9 Å². The van der Waals surface area contributed by atoms with E-state index in [4.69, 9.17) is 18.9 Å². The van der Waals surface area contributed by atoms with E-state index in [1.54, 1.807) is 21.1 Å². The number of likely N-dealkylation sites (tertiary alicyclic amines) is 1. The van der Waals surface area contributed by atoms with Gasteiger partial charge in [-0.3, -0.25) is 0 Å². The summed E-state index contributed by atoms with van der Waals surface area (Å²) in [6, 6.07) is 6.27. The molecule has 4 rings (SSSR count). The second-order valence-corrected chi connectivity index (χ2v) is 7.39. The van der Waals surface area contributed by atoms with Gasteiger partial charge in [-0.05, 0) is 50.7 Å². The van der Waals surface area contributed by atoms with Crippen LogP contribution in [0.2, 0.25) is 0 Å². The van der Waals surface area contributed by atoms with Gasteiger partial charge in [-0.2, -0.15) is 0 Å². The first-order valence-electron chi connectivity index (χ1n) is 8.97. The highest BCUT2D eigenvalue weighted by Crippen LogP contribution is 2.50. The van der Waals surface area contributed by atoms with Crippen LogP contribution in [0.3, 0.4) is 0 Å². The van der Waals surface area contributed by atoms with Crippen molar-refractivity contribution >= 4 is 5.97 Å². The number of hydrogen-bond donors (Lipinski definition) is 0. The number of fused-ring (bicyclic) bond motifs is 1. The van der Waals surface area contributed by atoms with Crippen molar-refractivity contribution in [1.82, 2.24) is 4.90 Å². The average Bonchev–Trinajstić information content (AvgIpc) is 3.12. The molecule has 0 N–H and O–H groups in total. The van der Waals surface area contributed by atoms with Crippen LogP contribution in [0, 0.1) is 0 Å². The van der Waals surface area contributed by atoms with Crippen LogP contribution >= 0.6 is 0 Å². The molecule has 0 aromatic heterocycles. The second-order valence-electron chi connectivity index (χ2n) is 7.39. The predicted octanol–water partition coefficient (Wildman–Crippen LogP) is 2.26. The van der Waals surface area contributed by atoms with Crippen LogP contribution in [0.1, 0.15) is 25.3 Å². The Hall–Kier alpha value is -2.05. The van der Waals surface area contributed by atoms with Gasteiger partial charge in [-0.15, -0.1) is 0 Å². The van der Waals surface area contributed by atoms with E-state index in [-0.39, 0.29) is 17.4 Å². The van der Waals surface area contributed by atoms with Gasteiger partial charge in [0.05, 0.1) is 14.2 Å². The minimum Gasteiger partial charge on any atom is -0.493 e. The molecule has 26 heavy (non-hydrogen) atoms. The number of benzene rings is 1. The summed E-state index contributed by atoms with van der Waals surface area (Å²) in [5.74, 6) is 0.195. The Bertz CT molecular complexity index is 763. The Kier molecular flexibility index (Phi) is 4.00. The zero-order chi connectivity index (χ0) is 18.5. The van der Waals surface area contributed by atoms with Crippen molar-refractivity contribution in [1.29, 1.82) is 0 Å². The Labute approximate surface area is 153 Å². The highest BCUT2D eigenvalue weighted by atomic mass is 16.8. The predicted molar refractivity (Wildman–Crippen MR) is 95.4 cm³/mol. The molecule has 1 aromatic carbocycles. The minimum atomic E-state index is -0.945. The number of hydrogen-bond acceptors (Lipinski definition) is 6. The topological polar surface area (TPSA) is 57.2 Å². The van der Waals surface area contributed by atoms with Gasteiger partial charge in [0.2, 0.25) is 5.79 Å². The first-order valence-corrected chi connectivity index (χ1v) is 8.97. The molecule has 0 saturated carbocycles. The van der Waals surface area contributed by atoms with Gasteiger partial charge in [-0.1, -0.05) is 12.1 Å². The third kappa shape index (κ3) is 2.43. The number of carbonyl (C=O) groups is 1. The van der Waals surface area contributed by atoms with Crippen LogP contribution in [0.25, 0.3) is 0 Å². The fraction of sp³-hybridized carbons (Fsp3) is 0.550. The number of methoxy groups -OCH3 is 2. The van der Waals surface area contributed by atoms with Crippen molar-refractivity contribution in [2.75, 3.05) is 27.8 Å². The summed E-state index contributed by atoms with van der Waals surface area (Å²) in [7, 11) is 5.40. The summed E-state index contributed by atoms with van der Waals surface area (Å²) in [5.41, 5.74) is 1.01. The van der Waals surface area contributed by atoms with Gasteiger partial charge in [0, 0.05) is 17.9 Å². The van der Waals surface area contributed by atoms with Crippen molar-refractivity contribution in [3.8, 4) is 11.5 Å². The largest absolute Gasteiger partial charge is 0.493 e. The van der Waals surface area contributed by atoms with Crippen LogP contribution in [-0.4, -0.2) is 56.6 Å². The molecule has 1 aromatic rings. The molecule has 2 saturated heterocycles.